The Kier molecular flexibility index (Phi) is 5.03. The van der Waals surface area contributed by atoms with Gasteiger partial charge < -0.3 is 14.7 Å². The highest BCUT2D eigenvalue weighted by Gasteiger charge is 2.30. The second-order valence-electron chi connectivity index (χ2n) is 8.37. The fourth-order valence-electron chi connectivity index (χ4n) is 4.64. The largest absolute Gasteiger partial charge is 0.506 e. The second-order valence-corrected chi connectivity index (χ2v) is 8.37. The molecule has 5 rings (SSSR count). The standard InChI is InChI=1S/C25H27N3O2/c1-17-16-28(20-9-3-2-4-10-20)25(26-17)19-8-5-11-21(15-19)30-23-14-13-18-7-6-12-22(29)24(18)27-23/h5-8,11-15,17,20,29H,2-4,9-10,16H2,1H3/t17-/m0/s1. The maximum absolute atomic E-state index is 10.1. The average molecular weight is 402 g/mol. The lowest BCUT2D eigenvalue weighted by atomic mass is 9.93. The number of hydrogen-bond donors (Lipinski definition) is 1. The van der Waals surface area contributed by atoms with Crippen LogP contribution in [0.4, 0.5) is 0 Å². The van der Waals surface area contributed by atoms with Crippen molar-refractivity contribution in [3.05, 3.63) is 60.2 Å². The highest BCUT2D eigenvalue weighted by Crippen LogP contribution is 2.30. The molecule has 2 aromatic carbocycles. The lowest BCUT2D eigenvalue weighted by Crippen LogP contribution is -2.40. The first-order chi connectivity index (χ1) is 14.7. The molecule has 154 valence electrons. The second kappa shape index (κ2) is 7.98. The van der Waals surface area contributed by atoms with Crippen LogP contribution in [0, 0.1) is 0 Å². The zero-order valence-corrected chi connectivity index (χ0v) is 17.3. The van der Waals surface area contributed by atoms with Crippen LogP contribution in [0.3, 0.4) is 0 Å². The van der Waals surface area contributed by atoms with E-state index in [0.29, 0.717) is 23.5 Å². The molecule has 0 bridgehead atoms. The lowest BCUT2D eigenvalue weighted by molar-refractivity contribution is 0.252. The summed E-state index contributed by atoms with van der Waals surface area (Å²) in [5.74, 6) is 2.43. The number of aliphatic imine (C=N–C) groups is 1. The summed E-state index contributed by atoms with van der Waals surface area (Å²) >= 11 is 0. The monoisotopic (exact) mass is 401 g/mol. The highest BCUT2D eigenvalue weighted by atomic mass is 16.5. The predicted octanol–water partition coefficient (Wildman–Crippen LogP) is 5.52. The molecular weight excluding hydrogens is 374 g/mol. The molecule has 5 nitrogen and oxygen atoms in total. The molecule has 1 aliphatic heterocycles. The van der Waals surface area contributed by atoms with Crippen LogP contribution in [0.2, 0.25) is 0 Å². The minimum atomic E-state index is 0.157. The van der Waals surface area contributed by atoms with Crippen LogP contribution >= 0.6 is 0 Å². The molecule has 2 aliphatic rings. The van der Waals surface area contributed by atoms with Crippen molar-refractivity contribution in [1.82, 2.24) is 9.88 Å². The maximum atomic E-state index is 10.1. The van der Waals surface area contributed by atoms with E-state index in [0.717, 1.165) is 29.1 Å². The van der Waals surface area contributed by atoms with Crippen LogP contribution in [-0.4, -0.2) is 39.5 Å². The minimum absolute atomic E-state index is 0.157. The van der Waals surface area contributed by atoms with Crippen molar-refractivity contribution < 1.29 is 9.84 Å². The Hall–Kier alpha value is -3.08. The Morgan fingerprint density at radius 1 is 1.00 bits per heavy atom. The van der Waals surface area contributed by atoms with Crippen molar-refractivity contribution >= 4 is 16.7 Å². The average Bonchev–Trinajstić information content (AvgIpc) is 3.17. The fraction of sp³-hybridized carbons (Fsp3) is 0.360. The van der Waals surface area contributed by atoms with E-state index < -0.39 is 0 Å². The first-order valence-electron chi connectivity index (χ1n) is 10.9. The van der Waals surface area contributed by atoms with E-state index in [1.807, 2.05) is 42.5 Å². The molecule has 0 spiro atoms. The molecule has 2 heterocycles. The summed E-state index contributed by atoms with van der Waals surface area (Å²) in [6, 6.07) is 18.1. The molecule has 0 saturated heterocycles. The molecule has 3 aromatic rings. The van der Waals surface area contributed by atoms with E-state index in [2.05, 4.69) is 22.9 Å². The molecule has 0 amide bonds. The van der Waals surface area contributed by atoms with Crippen LogP contribution < -0.4 is 4.74 Å². The number of phenols is 1. The van der Waals surface area contributed by atoms with Gasteiger partial charge in [0.05, 0.1) is 6.04 Å². The van der Waals surface area contributed by atoms with Crippen LogP contribution in [0.25, 0.3) is 10.9 Å². The van der Waals surface area contributed by atoms with E-state index in [4.69, 9.17) is 9.73 Å². The number of phenolic OH excluding ortho intramolecular Hbond substituents is 1. The summed E-state index contributed by atoms with van der Waals surface area (Å²) in [5.41, 5.74) is 1.63. The van der Waals surface area contributed by atoms with E-state index >= 15 is 0 Å². The molecule has 1 fully saturated rings. The summed E-state index contributed by atoms with van der Waals surface area (Å²) in [4.78, 5) is 11.9. The van der Waals surface area contributed by atoms with Crippen molar-refractivity contribution in [2.75, 3.05) is 6.54 Å². The zero-order chi connectivity index (χ0) is 20.5. The summed E-state index contributed by atoms with van der Waals surface area (Å²) in [6.07, 6.45) is 6.49. The van der Waals surface area contributed by atoms with Crippen molar-refractivity contribution in [1.29, 1.82) is 0 Å². The van der Waals surface area contributed by atoms with Gasteiger partial charge in [-0.3, -0.25) is 4.99 Å². The van der Waals surface area contributed by atoms with Gasteiger partial charge >= 0.3 is 0 Å². The third-order valence-corrected chi connectivity index (χ3v) is 6.08. The molecule has 0 unspecified atom stereocenters. The quantitative estimate of drug-likeness (QED) is 0.626. The molecule has 1 N–H and O–H groups in total. The SMILES string of the molecule is C[C@H]1CN(C2CCCCC2)C(c2cccc(Oc3ccc4cccc(O)c4n3)c2)=N1. The van der Waals surface area contributed by atoms with Gasteiger partial charge in [-0.15, -0.1) is 0 Å². The van der Waals surface area contributed by atoms with Gasteiger partial charge in [0.1, 0.15) is 22.9 Å². The summed E-state index contributed by atoms with van der Waals surface area (Å²) < 4.78 is 6.05. The fourth-order valence-corrected chi connectivity index (χ4v) is 4.64. The number of nitrogens with zero attached hydrogens (tertiary/aromatic N) is 3. The van der Waals surface area contributed by atoms with Crippen molar-refractivity contribution in [2.24, 2.45) is 4.99 Å². The van der Waals surface area contributed by atoms with Crippen molar-refractivity contribution in [3.8, 4) is 17.4 Å². The maximum Gasteiger partial charge on any atom is 0.219 e. The minimum Gasteiger partial charge on any atom is -0.506 e. The van der Waals surface area contributed by atoms with Gasteiger partial charge in [-0.25, -0.2) is 4.98 Å². The van der Waals surface area contributed by atoms with E-state index in [-0.39, 0.29) is 5.75 Å². The Morgan fingerprint density at radius 3 is 2.70 bits per heavy atom. The van der Waals surface area contributed by atoms with Crippen LogP contribution in [0.1, 0.15) is 44.6 Å². The van der Waals surface area contributed by atoms with Crippen LogP contribution in [0.5, 0.6) is 17.4 Å². The normalized spacial score (nSPS) is 19.8. The van der Waals surface area contributed by atoms with Gasteiger partial charge in [0.25, 0.3) is 0 Å². The van der Waals surface area contributed by atoms with E-state index in [9.17, 15) is 5.11 Å². The van der Waals surface area contributed by atoms with Gasteiger partial charge in [0.15, 0.2) is 0 Å². The summed E-state index contributed by atoms with van der Waals surface area (Å²) in [6.45, 7) is 3.19. The highest BCUT2D eigenvalue weighted by molar-refractivity contribution is 6.00. The predicted molar refractivity (Wildman–Crippen MR) is 120 cm³/mol. The van der Waals surface area contributed by atoms with Gasteiger partial charge in [0.2, 0.25) is 5.88 Å². The van der Waals surface area contributed by atoms with E-state index in [1.54, 1.807) is 6.07 Å². The number of rotatable bonds is 4. The van der Waals surface area contributed by atoms with Gasteiger partial charge in [-0.05, 0) is 44.0 Å². The Bertz CT molecular complexity index is 1090. The van der Waals surface area contributed by atoms with Gasteiger partial charge in [-0.1, -0.05) is 43.5 Å². The number of para-hydroxylation sites is 1. The first kappa shape index (κ1) is 18.9. The molecule has 5 heteroatoms. The van der Waals surface area contributed by atoms with Crippen molar-refractivity contribution in [2.45, 2.75) is 51.1 Å². The van der Waals surface area contributed by atoms with E-state index in [1.165, 1.54) is 32.1 Å². The number of benzene rings is 2. The number of hydrogen-bond acceptors (Lipinski definition) is 5. The zero-order valence-electron chi connectivity index (χ0n) is 17.3. The molecule has 1 saturated carbocycles. The number of amidine groups is 1. The molecule has 0 radical (unpaired) electrons. The molecule has 1 atom stereocenters. The number of pyridine rings is 1. The first-order valence-corrected chi connectivity index (χ1v) is 10.9. The summed E-state index contributed by atoms with van der Waals surface area (Å²) in [7, 11) is 0. The number of aromatic nitrogens is 1. The van der Waals surface area contributed by atoms with Crippen molar-refractivity contribution in [3.63, 3.8) is 0 Å². The number of ether oxygens (including phenoxy) is 1. The molecule has 1 aliphatic carbocycles. The van der Waals surface area contributed by atoms with Gasteiger partial charge in [0, 0.05) is 29.6 Å². The molecular formula is C25H27N3O2. The number of aromatic hydroxyl groups is 1. The number of fused-ring (bicyclic) bond motifs is 1. The van der Waals surface area contributed by atoms with Crippen LogP contribution in [0.15, 0.2) is 59.6 Å². The van der Waals surface area contributed by atoms with Gasteiger partial charge in [-0.2, -0.15) is 0 Å². The Morgan fingerprint density at radius 2 is 1.83 bits per heavy atom. The Labute approximate surface area is 177 Å². The summed E-state index contributed by atoms with van der Waals surface area (Å²) in [5, 5.41) is 11.0. The Balaban J connectivity index is 1.41. The van der Waals surface area contributed by atoms with Crippen LogP contribution in [-0.2, 0) is 0 Å². The molecule has 30 heavy (non-hydrogen) atoms. The smallest absolute Gasteiger partial charge is 0.219 e. The topological polar surface area (TPSA) is 58.0 Å². The lowest BCUT2D eigenvalue weighted by Gasteiger charge is -2.33. The third kappa shape index (κ3) is 3.72. The molecule has 1 aromatic heterocycles. The third-order valence-electron chi connectivity index (χ3n) is 6.08.